The molecule has 4 aromatic carbocycles. The number of hydrogen-bond acceptors (Lipinski definition) is 24. The molecule has 115 heavy (non-hydrogen) atoms. The van der Waals surface area contributed by atoms with Gasteiger partial charge < -0.3 is 107 Å². The second kappa shape index (κ2) is 58.0. The van der Waals surface area contributed by atoms with Crippen LogP contribution in [0.4, 0.5) is 0 Å². The van der Waals surface area contributed by atoms with Crippen LogP contribution in [0.15, 0.2) is 161 Å². The van der Waals surface area contributed by atoms with Crippen LogP contribution in [0.1, 0.15) is 83.5 Å². The van der Waals surface area contributed by atoms with Crippen molar-refractivity contribution in [3.05, 3.63) is 121 Å². The van der Waals surface area contributed by atoms with Crippen LogP contribution in [0.25, 0.3) is 0 Å². The number of carbonyl (C=O) groups excluding carboxylic acids is 4. The topological polar surface area (TPSA) is 745 Å². The standard InChI is InChI=1S/C18H29N5O6S.2C17H27N5O6S.C15H23N5O6S/c19-18(20)21-10-6-1-2-7-11-29-13-16(24)22-12-15(17(25)26)23-30(27,28)14-8-4-3-5-9-14;18-17(19)20-9-5-2-6-10-28-12-15(23)21-11-14(16(24)25)22-29(26,27)13-7-3-1-4-8-13;18-17(19)21-28-11-7-2-1-6-10-15(23)20-12-14(16(24)25)22-29(26,27)13-8-4-3-5-9-13;16-15(17)18-7-4-8-26-10-13(21)19-9-12(14(22)23)20-27(24,25)11-5-2-1-3-6-11/h3-5,8-9,15,23H,1-2,6-7,10-13H2,(H,22,24)(H,25,26)(H4,19,20,21);1,3-4,7-8,14,22H,2,5-6,9-12H2,(H,21,23)(H,24,25)(H4,18,19,20);3-5,8-9,14,22H,1-2,6-7,10-12H2,(H,20,23)(H,24,25)(H4,18,19,21);1-3,5-6,12,20H,4,7-10H2,(H,19,21)(H,22,23)(H4,16,17,18). The summed E-state index contributed by atoms with van der Waals surface area (Å²) >= 11 is 0. The van der Waals surface area contributed by atoms with Gasteiger partial charge in [0.1, 0.15) is 50.6 Å². The minimum absolute atomic E-state index is 0.0367. The van der Waals surface area contributed by atoms with E-state index in [9.17, 15) is 92.5 Å². The zero-order chi connectivity index (χ0) is 86.1. The number of carboxylic acid groups (broad SMARTS) is 4. The Morgan fingerprint density at radius 3 is 0.835 bits per heavy atom. The third-order valence-electron chi connectivity index (χ3n) is 14.3. The molecule has 0 aliphatic carbocycles. The largest absolute Gasteiger partial charge is 0.480 e. The van der Waals surface area contributed by atoms with Crippen molar-refractivity contribution >= 4 is 111 Å². The van der Waals surface area contributed by atoms with Crippen LogP contribution >= 0.6 is 0 Å². The fourth-order valence-electron chi connectivity index (χ4n) is 8.62. The lowest BCUT2D eigenvalue weighted by atomic mass is 10.1. The maximum atomic E-state index is 12.2. The Morgan fingerprint density at radius 1 is 0.313 bits per heavy atom. The molecule has 0 aliphatic rings. The molecular formula is C67H106N20O24S4. The highest BCUT2D eigenvalue weighted by Gasteiger charge is 2.30. The molecule has 4 amide bonds. The lowest BCUT2D eigenvalue weighted by Crippen LogP contribution is -2.48. The molecule has 48 heteroatoms. The fraction of sp³-hybridized carbons (Fsp3) is 0.463. The Hall–Kier alpha value is -11.0. The number of carboxylic acids is 4. The summed E-state index contributed by atoms with van der Waals surface area (Å²) in [6, 6.07) is 23.4. The van der Waals surface area contributed by atoms with Crippen molar-refractivity contribution in [2.75, 3.05) is 92.1 Å². The molecule has 4 aromatic rings. The Bertz CT molecular complexity index is 4040. The number of oxime groups is 1. The number of guanidine groups is 4. The van der Waals surface area contributed by atoms with Gasteiger partial charge in [-0.05, 0) is 111 Å². The van der Waals surface area contributed by atoms with Gasteiger partial charge in [-0.3, -0.25) is 53.3 Å². The highest BCUT2D eigenvalue weighted by molar-refractivity contribution is 7.90. The number of rotatable bonds is 55. The zero-order valence-corrected chi connectivity index (χ0v) is 66.2. The first-order valence-electron chi connectivity index (χ1n) is 35.3. The molecule has 0 aliphatic heterocycles. The molecule has 0 aromatic heterocycles. The Kier molecular flexibility index (Phi) is 51.4. The molecule has 4 unspecified atom stereocenters. The second-order valence-electron chi connectivity index (χ2n) is 23.9. The number of hydrogen-bond donors (Lipinski definition) is 20. The number of nitrogens with zero attached hydrogens (tertiary/aromatic N) is 4. The van der Waals surface area contributed by atoms with Crippen LogP contribution in [0.5, 0.6) is 0 Å². The van der Waals surface area contributed by atoms with Crippen LogP contribution in [0.3, 0.4) is 0 Å². The molecule has 4 rings (SSSR count). The van der Waals surface area contributed by atoms with E-state index in [4.69, 9.17) is 64.9 Å². The normalized spacial score (nSPS) is 12.1. The van der Waals surface area contributed by atoms with Crippen molar-refractivity contribution in [3.8, 4) is 0 Å². The van der Waals surface area contributed by atoms with Gasteiger partial charge in [0, 0.05) is 72.1 Å². The zero-order valence-electron chi connectivity index (χ0n) is 62.9. The van der Waals surface area contributed by atoms with Gasteiger partial charge >= 0.3 is 23.9 Å². The number of aliphatic imine (C=N–C) groups is 3. The summed E-state index contributed by atoms with van der Waals surface area (Å²) in [6.45, 7) is 0.350. The van der Waals surface area contributed by atoms with Crippen LogP contribution in [-0.4, -0.2) is 242 Å². The Labute approximate surface area is 666 Å². The van der Waals surface area contributed by atoms with Crippen LogP contribution < -0.4 is 86.0 Å². The van der Waals surface area contributed by atoms with Gasteiger partial charge in [-0.1, -0.05) is 92.1 Å². The molecule has 0 fully saturated rings. The monoisotopic (exact) mass is 1700 g/mol. The lowest BCUT2D eigenvalue weighted by Gasteiger charge is -2.15. The number of sulfonamides is 4. The fourth-order valence-corrected chi connectivity index (χ4v) is 13.5. The van der Waals surface area contributed by atoms with Crippen molar-refractivity contribution in [3.63, 3.8) is 0 Å². The molecule has 0 heterocycles. The molecular weight excluding hydrogens is 1600 g/mol. The Balaban J connectivity index is 0.000000767. The van der Waals surface area contributed by atoms with Crippen molar-refractivity contribution < 1.29 is 112 Å². The molecule has 642 valence electrons. The summed E-state index contributed by atoms with van der Waals surface area (Å²) in [7, 11) is -16.1. The van der Waals surface area contributed by atoms with E-state index in [-0.39, 0.29) is 88.7 Å². The molecule has 0 bridgehead atoms. The van der Waals surface area contributed by atoms with E-state index in [1.54, 1.807) is 24.3 Å². The van der Waals surface area contributed by atoms with Crippen molar-refractivity contribution in [2.45, 2.75) is 127 Å². The first-order valence-corrected chi connectivity index (χ1v) is 41.2. The van der Waals surface area contributed by atoms with Gasteiger partial charge in [0.25, 0.3) is 0 Å². The molecule has 0 saturated carbocycles. The van der Waals surface area contributed by atoms with E-state index in [0.717, 1.165) is 57.8 Å². The van der Waals surface area contributed by atoms with Gasteiger partial charge in [-0.15, -0.1) is 0 Å². The van der Waals surface area contributed by atoms with E-state index in [1.165, 1.54) is 97.1 Å². The van der Waals surface area contributed by atoms with Gasteiger partial charge in [0.2, 0.25) is 69.7 Å². The molecule has 44 nitrogen and oxygen atoms in total. The molecule has 0 radical (unpaired) electrons. The van der Waals surface area contributed by atoms with Gasteiger partial charge in [0.05, 0.1) is 19.6 Å². The summed E-state index contributed by atoms with van der Waals surface area (Å²) in [5, 5.41) is 49.7. The number of nitrogens with one attached hydrogen (secondary N) is 8. The van der Waals surface area contributed by atoms with Crippen molar-refractivity contribution in [1.29, 1.82) is 0 Å². The quantitative estimate of drug-likeness (QED) is 0.00875. The first kappa shape index (κ1) is 102. The summed E-state index contributed by atoms with van der Waals surface area (Å²) in [5.41, 5.74) is 41.4. The SMILES string of the molecule is NC(N)=NCCCCCCOCC(=O)NCC(NS(=O)(=O)c1ccccc1)C(=O)O.NC(N)=NCCCCCOCC(=O)NCC(NS(=O)(=O)c1ccccc1)C(=O)O.NC(N)=NCCCOCC(=O)NCC(NS(=O)(=O)c1ccccc1)C(=O)O.NC(N)=NOCCCCCCC(=O)NCC(NS(=O)(=O)c1ccccc1)C(=O)O. The van der Waals surface area contributed by atoms with Crippen molar-refractivity contribution in [1.82, 2.24) is 40.2 Å². The van der Waals surface area contributed by atoms with Gasteiger partial charge in [-0.25, -0.2) is 33.7 Å². The van der Waals surface area contributed by atoms with E-state index >= 15 is 0 Å². The summed E-state index contributed by atoms with van der Waals surface area (Å²) in [5.74, 6) is -7.71. The molecule has 0 spiro atoms. The second-order valence-corrected chi connectivity index (χ2v) is 30.8. The minimum Gasteiger partial charge on any atom is -0.480 e. The molecule has 4 atom stereocenters. The average Bonchev–Trinajstić information content (AvgIpc) is 0.857. The first-order chi connectivity index (χ1) is 54.4. The van der Waals surface area contributed by atoms with E-state index in [1.807, 2.05) is 4.72 Å². The summed E-state index contributed by atoms with van der Waals surface area (Å²) in [4.78, 5) is 108. The van der Waals surface area contributed by atoms with E-state index in [2.05, 4.69) is 55.6 Å². The van der Waals surface area contributed by atoms with Crippen LogP contribution in [0.2, 0.25) is 0 Å². The number of ether oxygens (including phenoxy) is 3. The maximum Gasteiger partial charge on any atom is 0.323 e. The molecule has 28 N–H and O–H groups in total. The number of unbranched alkanes of at least 4 members (excludes halogenated alkanes) is 8. The Morgan fingerprint density at radius 2 is 0.557 bits per heavy atom. The highest BCUT2D eigenvalue weighted by atomic mass is 32.2. The lowest BCUT2D eigenvalue weighted by molar-refractivity contribution is -0.140. The predicted molar refractivity (Wildman–Crippen MR) is 421 cm³/mol. The third-order valence-corrected chi connectivity index (χ3v) is 20.3. The minimum atomic E-state index is -4.03. The predicted octanol–water partition coefficient (Wildman–Crippen LogP) is -3.72. The number of nitrogens with two attached hydrogens (primary N) is 8. The van der Waals surface area contributed by atoms with Crippen LogP contribution in [0, 0.1) is 0 Å². The van der Waals surface area contributed by atoms with Gasteiger partial charge in [0.15, 0.2) is 17.9 Å². The maximum absolute atomic E-state index is 12.2. The average molecular weight is 1700 g/mol. The molecule has 0 saturated heterocycles. The van der Waals surface area contributed by atoms with Crippen molar-refractivity contribution in [2.24, 2.45) is 66.0 Å². The van der Waals surface area contributed by atoms with E-state index in [0.29, 0.717) is 58.7 Å². The van der Waals surface area contributed by atoms with Gasteiger partial charge in [-0.2, -0.15) is 18.9 Å². The number of carbonyl (C=O) groups is 8. The third kappa shape index (κ3) is 50.7. The summed E-state index contributed by atoms with van der Waals surface area (Å²) < 4.78 is 121. The highest BCUT2D eigenvalue weighted by Crippen LogP contribution is 2.13. The smallest absolute Gasteiger partial charge is 0.323 e. The number of aliphatic carboxylic acids is 4. The number of benzene rings is 4. The van der Waals surface area contributed by atoms with E-state index < -0.39 is 125 Å². The number of amides is 4. The summed E-state index contributed by atoms with van der Waals surface area (Å²) in [6.07, 6.45) is 9.34. The van der Waals surface area contributed by atoms with Crippen LogP contribution in [-0.2, 0) is 97.5 Å².